The average molecular weight is 497 g/mol. The van der Waals surface area contributed by atoms with Gasteiger partial charge in [0.1, 0.15) is 5.75 Å². The minimum atomic E-state index is -0.618. The molecule has 122 valence electrons. The van der Waals surface area contributed by atoms with E-state index in [1.165, 1.54) is 0 Å². The number of anilines is 1. The van der Waals surface area contributed by atoms with Crippen molar-refractivity contribution in [2.45, 2.75) is 13.0 Å². The SMILES string of the molecule is C[C@H](Oc1ccc(I)cc1)C(=O)Nc1ccc(Br)c2cccnc12. The zero-order valence-corrected chi connectivity index (χ0v) is 16.5. The predicted octanol–water partition coefficient (Wildman–Crippen LogP) is 5.01. The Kier molecular flexibility index (Phi) is 5.35. The molecule has 2 aromatic carbocycles. The highest BCUT2D eigenvalue weighted by Gasteiger charge is 2.16. The Hall–Kier alpha value is -1.67. The van der Waals surface area contributed by atoms with Crippen LogP contribution < -0.4 is 10.1 Å². The highest BCUT2D eigenvalue weighted by atomic mass is 127. The molecule has 1 aromatic heterocycles. The summed E-state index contributed by atoms with van der Waals surface area (Å²) in [5.41, 5.74) is 1.40. The molecule has 0 aliphatic heterocycles. The van der Waals surface area contributed by atoms with E-state index >= 15 is 0 Å². The van der Waals surface area contributed by atoms with Crippen molar-refractivity contribution in [1.82, 2.24) is 4.98 Å². The fourth-order valence-electron chi connectivity index (χ4n) is 2.24. The number of halogens is 2. The molecule has 0 unspecified atom stereocenters. The molecule has 0 fully saturated rings. The van der Waals surface area contributed by atoms with Gasteiger partial charge in [-0.3, -0.25) is 9.78 Å². The summed E-state index contributed by atoms with van der Waals surface area (Å²) in [7, 11) is 0. The molecule has 0 spiro atoms. The molecule has 1 heterocycles. The topological polar surface area (TPSA) is 51.2 Å². The Morgan fingerprint density at radius 3 is 2.71 bits per heavy atom. The normalized spacial score (nSPS) is 12.0. The van der Waals surface area contributed by atoms with Crippen LogP contribution in [0, 0.1) is 3.57 Å². The summed E-state index contributed by atoms with van der Waals surface area (Å²) in [4.78, 5) is 16.8. The largest absolute Gasteiger partial charge is 0.481 e. The van der Waals surface area contributed by atoms with Crippen LogP contribution in [0.1, 0.15) is 6.92 Å². The van der Waals surface area contributed by atoms with Gasteiger partial charge in [-0.05, 0) is 72.0 Å². The number of nitrogens with one attached hydrogen (secondary N) is 1. The first-order valence-electron chi connectivity index (χ1n) is 7.31. The first kappa shape index (κ1) is 17.2. The highest BCUT2D eigenvalue weighted by Crippen LogP contribution is 2.28. The van der Waals surface area contributed by atoms with Gasteiger partial charge < -0.3 is 10.1 Å². The van der Waals surface area contributed by atoms with Crippen LogP contribution in [0.15, 0.2) is 59.2 Å². The van der Waals surface area contributed by atoms with E-state index in [0.717, 1.165) is 18.9 Å². The number of carbonyl (C=O) groups excluding carboxylic acids is 1. The molecule has 0 saturated heterocycles. The average Bonchev–Trinajstić information content (AvgIpc) is 2.59. The number of hydrogen-bond acceptors (Lipinski definition) is 3. The molecule has 1 N–H and O–H groups in total. The number of amides is 1. The molecule has 0 radical (unpaired) electrons. The van der Waals surface area contributed by atoms with Crippen LogP contribution in [0.25, 0.3) is 10.9 Å². The van der Waals surface area contributed by atoms with Crippen molar-refractivity contribution in [3.8, 4) is 5.75 Å². The first-order valence-corrected chi connectivity index (χ1v) is 9.18. The van der Waals surface area contributed by atoms with Crippen molar-refractivity contribution in [1.29, 1.82) is 0 Å². The molecule has 1 amide bonds. The van der Waals surface area contributed by atoms with Crippen LogP contribution in [0.3, 0.4) is 0 Å². The van der Waals surface area contributed by atoms with E-state index in [-0.39, 0.29) is 5.91 Å². The molecular weight excluding hydrogens is 483 g/mol. The van der Waals surface area contributed by atoms with Crippen molar-refractivity contribution in [2.75, 3.05) is 5.32 Å². The van der Waals surface area contributed by atoms with Gasteiger partial charge in [0.2, 0.25) is 0 Å². The third-order valence-corrected chi connectivity index (χ3v) is 4.88. The van der Waals surface area contributed by atoms with Gasteiger partial charge in [0.15, 0.2) is 6.10 Å². The molecule has 0 aliphatic carbocycles. The van der Waals surface area contributed by atoms with Crippen molar-refractivity contribution < 1.29 is 9.53 Å². The predicted molar refractivity (Wildman–Crippen MR) is 107 cm³/mol. The third-order valence-electron chi connectivity index (χ3n) is 3.47. The second-order valence-electron chi connectivity index (χ2n) is 5.20. The Morgan fingerprint density at radius 2 is 1.96 bits per heavy atom. The molecule has 4 nitrogen and oxygen atoms in total. The van der Waals surface area contributed by atoms with Gasteiger partial charge in [-0.25, -0.2) is 0 Å². The van der Waals surface area contributed by atoms with E-state index in [2.05, 4.69) is 48.8 Å². The summed E-state index contributed by atoms with van der Waals surface area (Å²) in [6, 6.07) is 15.1. The quantitative estimate of drug-likeness (QED) is 0.516. The number of hydrogen-bond donors (Lipinski definition) is 1. The monoisotopic (exact) mass is 496 g/mol. The lowest BCUT2D eigenvalue weighted by Crippen LogP contribution is -2.30. The maximum atomic E-state index is 12.4. The van der Waals surface area contributed by atoms with Gasteiger partial charge in [-0.15, -0.1) is 0 Å². The van der Waals surface area contributed by atoms with Crippen LogP contribution in [-0.4, -0.2) is 17.0 Å². The van der Waals surface area contributed by atoms with Crippen LogP contribution in [0.5, 0.6) is 5.75 Å². The smallest absolute Gasteiger partial charge is 0.265 e. The maximum Gasteiger partial charge on any atom is 0.265 e. The third kappa shape index (κ3) is 3.87. The van der Waals surface area contributed by atoms with Gasteiger partial charge >= 0.3 is 0 Å². The summed E-state index contributed by atoms with van der Waals surface area (Å²) >= 11 is 5.72. The van der Waals surface area contributed by atoms with E-state index in [4.69, 9.17) is 4.74 Å². The van der Waals surface area contributed by atoms with E-state index in [9.17, 15) is 4.79 Å². The van der Waals surface area contributed by atoms with Gasteiger partial charge in [0, 0.05) is 19.6 Å². The number of fused-ring (bicyclic) bond motifs is 1. The maximum absolute atomic E-state index is 12.4. The van der Waals surface area contributed by atoms with Crippen LogP contribution >= 0.6 is 38.5 Å². The number of aromatic nitrogens is 1. The second kappa shape index (κ2) is 7.48. The number of rotatable bonds is 4. The Labute approximate surface area is 161 Å². The molecule has 6 heteroatoms. The minimum absolute atomic E-state index is 0.220. The second-order valence-corrected chi connectivity index (χ2v) is 7.30. The molecule has 24 heavy (non-hydrogen) atoms. The molecule has 3 rings (SSSR count). The van der Waals surface area contributed by atoms with E-state index in [0.29, 0.717) is 11.4 Å². The highest BCUT2D eigenvalue weighted by molar-refractivity contribution is 14.1. The number of pyridine rings is 1. The lowest BCUT2D eigenvalue weighted by atomic mass is 10.2. The zero-order valence-electron chi connectivity index (χ0n) is 12.8. The molecule has 0 aliphatic rings. The van der Waals surface area contributed by atoms with Crippen molar-refractivity contribution in [3.63, 3.8) is 0 Å². The van der Waals surface area contributed by atoms with Gasteiger partial charge in [-0.1, -0.05) is 22.0 Å². The summed E-state index contributed by atoms with van der Waals surface area (Å²) in [5, 5.41) is 3.84. The van der Waals surface area contributed by atoms with Crippen LogP contribution in [0.2, 0.25) is 0 Å². The zero-order chi connectivity index (χ0) is 17.1. The van der Waals surface area contributed by atoms with Gasteiger partial charge in [0.25, 0.3) is 5.91 Å². The molecule has 3 aromatic rings. The standard InChI is InChI=1S/C18H14BrIN2O2/c1-11(24-13-6-4-12(20)5-7-13)18(23)22-16-9-8-15(19)14-3-2-10-21-17(14)16/h2-11H,1H3,(H,22,23)/t11-/m0/s1. The summed E-state index contributed by atoms with van der Waals surface area (Å²) in [6.07, 6.45) is 1.09. The van der Waals surface area contributed by atoms with Crippen molar-refractivity contribution in [2.24, 2.45) is 0 Å². The van der Waals surface area contributed by atoms with E-state index < -0.39 is 6.10 Å². The summed E-state index contributed by atoms with van der Waals surface area (Å²) < 4.78 is 7.75. The van der Waals surface area contributed by atoms with Crippen LogP contribution in [-0.2, 0) is 4.79 Å². The number of ether oxygens (including phenoxy) is 1. The van der Waals surface area contributed by atoms with Crippen LogP contribution in [0.4, 0.5) is 5.69 Å². The van der Waals surface area contributed by atoms with E-state index in [1.54, 1.807) is 13.1 Å². The summed E-state index contributed by atoms with van der Waals surface area (Å²) in [5.74, 6) is 0.444. The number of carbonyl (C=O) groups is 1. The molecule has 0 bridgehead atoms. The lowest BCUT2D eigenvalue weighted by Gasteiger charge is -2.15. The Morgan fingerprint density at radius 1 is 1.21 bits per heavy atom. The Balaban J connectivity index is 1.77. The van der Waals surface area contributed by atoms with Gasteiger partial charge in [0.05, 0.1) is 11.2 Å². The van der Waals surface area contributed by atoms with E-state index in [1.807, 2.05) is 48.5 Å². The van der Waals surface area contributed by atoms with Gasteiger partial charge in [-0.2, -0.15) is 0 Å². The molecule has 1 atom stereocenters. The lowest BCUT2D eigenvalue weighted by molar-refractivity contribution is -0.122. The van der Waals surface area contributed by atoms with Crippen molar-refractivity contribution in [3.05, 3.63) is 62.8 Å². The molecule has 0 saturated carbocycles. The Bertz CT molecular complexity index is 884. The first-order chi connectivity index (χ1) is 11.5. The fraction of sp³-hybridized carbons (Fsp3) is 0.111. The summed E-state index contributed by atoms with van der Waals surface area (Å²) in [6.45, 7) is 1.72. The number of benzene rings is 2. The molecular formula is C18H14BrIN2O2. The fourth-order valence-corrected chi connectivity index (χ4v) is 3.06. The van der Waals surface area contributed by atoms with Crippen molar-refractivity contribution >= 4 is 61.0 Å². The number of nitrogens with zero attached hydrogens (tertiary/aromatic N) is 1. The minimum Gasteiger partial charge on any atom is -0.481 e.